The lowest BCUT2D eigenvalue weighted by molar-refractivity contribution is 0.0655. The van der Waals surface area contributed by atoms with Crippen LogP contribution in [0.3, 0.4) is 0 Å². The lowest BCUT2D eigenvalue weighted by atomic mass is 10.3. The van der Waals surface area contributed by atoms with Crippen molar-refractivity contribution < 1.29 is 19.1 Å². The summed E-state index contributed by atoms with van der Waals surface area (Å²) in [5.74, 6) is -0.170. The third-order valence-corrected chi connectivity index (χ3v) is 3.29. The summed E-state index contributed by atoms with van der Waals surface area (Å²) in [5, 5.41) is 9.38. The zero-order chi connectivity index (χ0) is 14.0. The van der Waals surface area contributed by atoms with Crippen molar-refractivity contribution in [1.29, 1.82) is 0 Å². The second-order valence-corrected chi connectivity index (χ2v) is 5.13. The van der Waals surface area contributed by atoms with Gasteiger partial charge in [0.2, 0.25) is 5.76 Å². The van der Waals surface area contributed by atoms with Crippen molar-refractivity contribution in [2.24, 2.45) is 0 Å². The van der Waals surface area contributed by atoms with Crippen LogP contribution in [0.15, 0.2) is 39.2 Å². The molecule has 19 heavy (non-hydrogen) atoms. The third-order valence-electron chi connectivity index (χ3n) is 2.44. The number of halogens is 2. The molecule has 4 nitrogen and oxygen atoms in total. The summed E-state index contributed by atoms with van der Waals surface area (Å²) in [4.78, 5) is 10.7. The first-order valence-corrected chi connectivity index (χ1v) is 6.59. The van der Waals surface area contributed by atoms with E-state index in [1.54, 1.807) is 31.2 Å². The first-order chi connectivity index (χ1) is 8.97. The van der Waals surface area contributed by atoms with Crippen molar-refractivity contribution in [1.82, 2.24) is 0 Å². The molecule has 0 bridgehead atoms. The van der Waals surface area contributed by atoms with Crippen LogP contribution in [-0.4, -0.2) is 11.1 Å². The first kappa shape index (κ1) is 14.0. The largest absolute Gasteiger partial charge is 0.482 e. The highest BCUT2D eigenvalue weighted by molar-refractivity contribution is 9.10. The molecule has 1 aromatic carbocycles. The average Bonchev–Trinajstić information content (AvgIpc) is 2.82. The molecule has 0 aliphatic heterocycles. The van der Waals surface area contributed by atoms with Gasteiger partial charge in [-0.1, -0.05) is 11.6 Å². The maximum Gasteiger partial charge on any atom is 0.371 e. The highest BCUT2D eigenvalue weighted by atomic mass is 79.9. The molecular weight excluding hydrogens is 335 g/mol. The molecule has 1 heterocycles. The van der Waals surface area contributed by atoms with Gasteiger partial charge in [-0.05, 0) is 53.2 Å². The van der Waals surface area contributed by atoms with Gasteiger partial charge in [0.1, 0.15) is 11.5 Å². The Labute approximate surface area is 123 Å². The van der Waals surface area contributed by atoms with Crippen LogP contribution in [0.1, 0.15) is 29.3 Å². The lowest BCUT2D eigenvalue weighted by Gasteiger charge is -2.13. The summed E-state index contributed by atoms with van der Waals surface area (Å²) in [5.41, 5.74) is 0. The van der Waals surface area contributed by atoms with E-state index in [4.69, 9.17) is 25.9 Å². The van der Waals surface area contributed by atoms with E-state index in [2.05, 4.69) is 15.9 Å². The third kappa shape index (κ3) is 3.30. The van der Waals surface area contributed by atoms with E-state index in [1.807, 2.05) is 0 Å². The van der Waals surface area contributed by atoms with Gasteiger partial charge in [-0.2, -0.15) is 0 Å². The number of benzene rings is 1. The number of ether oxygens (including phenoxy) is 1. The Balaban J connectivity index is 2.15. The monoisotopic (exact) mass is 344 g/mol. The molecule has 1 atom stereocenters. The minimum Gasteiger partial charge on any atom is -0.482 e. The van der Waals surface area contributed by atoms with Crippen molar-refractivity contribution >= 4 is 33.5 Å². The van der Waals surface area contributed by atoms with Crippen LogP contribution in [0.2, 0.25) is 5.02 Å². The number of carbonyl (C=O) groups is 1. The summed E-state index contributed by atoms with van der Waals surface area (Å²) >= 11 is 9.18. The van der Waals surface area contributed by atoms with Gasteiger partial charge in [0, 0.05) is 5.02 Å². The maximum absolute atomic E-state index is 10.7. The van der Waals surface area contributed by atoms with E-state index in [-0.39, 0.29) is 5.76 Å². The fourth-order valence-electron chi connectivity index (χ4n) is 1.51. The first-order valence-electron chi connectivity index (χ1n) is 5.42. The summed E-state index contributed by atoms with van der Waals surface area (Å²) in [6, 6.07) is 8.13. The molecule has 0 amide bonds. The van der Waals surface area contributed by atoms with Crippen LogP contribution < -0.4 is 4.74 Å². The van der Waals surface area contributed by atoms with Gasteiger partial charge >= 0.3 is 5.97 Å². The average molecular weight is 346 g/mol. The van der Waals surface area contributed by atoms with E-state index in [9.17, 15) is 4.79 Å². The zero-order valence-corrected chi connectivity index (χ0v) is 12.2. The molecule has 2 rings (SSSR count). The van der Waals surface area contributed by atoms with Crippen LogP contribution in [0.5, 0.6) is 5.75 Å². The van der Waals surface area contributed by atoms with Crippen molar-refractivity contribution in [3.05, 3.63) is 51.3 Å². The van der Waals surface area contributed by atoms with E-state index >= 15 is 0 Å². The van der Waals surface area contributed by atoms with E-state index in [0.29, 0.717) is 16.5 Å². The fourth-order valence-corrected chi connectivity index (χ4v) is 2.28. The van der Waals surface area contributed by atoms with Gasteiger partial charge in [-0.3, -0.25) is 0 Å². The molecule has 0 radical (unpaired) electrons. The molecule has 0 fully saturated rings. The quantitative estimate of drug-likeness (QED) is 0.884. The van der Waals surface area contributed by atoms with Crippen molar-refractivity contribution in [3.63, 3.8) is 0 Å². The molecule has 0 spiro atoms. The summed E-state index contributed by atoms with van der Waals surface area (Å²) < 4.78 is 11.6. The Kier molecular flexibility index (Phi) is 4.17. The summed E-state index contributed by atoms with van der Waals surface area (Å²) in [7, 11) is 0. The summed E-state index contributed by atoms with van der Waals surface area (Å²) in [6.45, 7) is 1.77. The van der Waals surface area contributed by atoms with Gasteiger partial charge < -0.3 is 14.3 Å². The highest BCUT2D eigenvalue weighted by Crippen LogP contribution is 2.32. The number of aromatic carboxylic acids is 1. The van der Waals surface area contributed by atoms with Crippen LogP contribution in [0.4, 0.5) is 0 Å². The van der Waals surface area contributed by atoms with Gasteiger partial charge in [0.25, 0.3) is 0 Å². The standard InChI is InChI=1S/C13H10BrClO4/c1-7(10-4-5-12(19-10)13(16)17)18-11-3-2-8(15)6-9(11)14/h2-7H,1H3,(H,16,17). The topological polar surface area (TPSA) is 59.7 Å². The van der Waals surface area contributed by atoms with Crippen LogP contribution >= 0.6 is 27.5 Å². The van der Waals surface area contributed by atoms with Crippen molar-refractivity contribution in [3.8, 4) is 5.75 Å². The minimum atomic E-state index is -1.11. The second-order valence-electron chi connectivity index (χ2n) is 3.84. The summed E-state index contributed by atoms with van der Waals surface area (Å²) in [6.07, 6.45) is -0.412. The molecule has 0 saturated carbocycles. The number of hydrogen-bond donors (Lipinski definition) is 1. The Hall–Kier alpha value is -1.46. The second kappa shape index (κ2) is 5.67. The molecule has 0 saturated heterocycles. The van der Waals surface area contributed by atoms with Gasteiger partial charge in [-0.15, -0.1) is 0 Å². The normalized spacial score (nSPS) is 12.2. The van der Waals surface area contributed by atoms with E-state index in [1.165, 1.54) is 6.07 Å². The Morgan fingerprint density at radius 3 is 2.74 bits per heavy atom. The van der Waals surface area contributed by atoms with Crippen molar-refractivity contribution in [2.75, 3.05) is 0 Å². The Morgan fingerprint density at radius 2 is 2.16 bits per heavy atom. The molecule has 2 aromatic rings. The van der Waals surface area contributed by atoms with Crippen LogP contribution in [0, 0.1) is 0 Å². The zero-order valence-electron chi connectivity index (χ0n) is 9.89. The van der Waals surface area contributed by atoms with E-state index in [0.717, 1.165) is 4.47 Å². The molecule has 6 heteroatoms. The van der Waals surface area contributed by atoms with Crippen LogP contribution in [-0.2, 0) is 0 Å². The van der Waals surface area contributed by atoms with Gasteiger partial charge in [0.15, 0.2) is 6.10 Å². The minimum absolute atomic E-state index is 0.111. The molecule has 0 aliphatic rings. The number of carboxylic acids is 1. The lowest BCUT2D eigenvalue weighted by Crippen LogP contribution is -2.02. The van der Waals surface area contributed by atoms with Gasteiger partial charge in [0.05, 0.1) is 4.47 Å². The maximum atomic E-state index is 10.7. The van der Waals surface area contributed by atoms with Crippen LogP contribution in [0.25, 0.3) is 0 Å². The molecule has 1 N–H and O–H groups in total. The molecule has 1 aromatic heterocycles. The number of furan rings is 1. The number of rotatable bonds is 4. The fraction of sp³-hybridized carbons (Fsp3) is 0.154. The Morgan fingerprint density at radius 1 is 1.42 bits per heavy atom. The predicted octanol–water partition coefficient (Wildman–Crippen LogP) is 4.53. The molecular formula is C13H10BrClO4. The van der Waals surface area contributed by atoms with E-state index < -0.39 is 12.1 Å². The molecule has 1 unspecified atom stereocenters. The smallest absolute Gasteiger partial charge is 0.371 e. The predicted molar refractivity (Wildman–Crippen MR) is 73.9 cm³/mol. The van der Waals surface area contributed by atoms with Crippen molar-refractivity contribution in [2.45, 2.75) is 13.0 Å². The molecule has 100 valence electrons. The number of hydrogen-bond acceptors (Lipinski definition) is 3. The SMILES string of the molecule is CC(Oc1ccc(Cl)cc1Br)c1ccc(C(=O)O)o1. The Bertz CT molecular complexity index is 608. The molecule has 0 aliphatic carbocycles. The highest BCUT2D eigenvalue weighted by Gasteiger charge is 2.16. The van der Waals surface area contributed by atoms with Gasteiger partial charge in [-0.25, -0.2) is 4.79 Å². The number of carboxylic acid groups (broad SMARTS) is 1.